The Morgan fingerprint density at radius 2 is 2.20 bits per heavy atom. The highest BCUT2D eigenvalue weighted by molar-refractivity contribution is 5.95. The lowest BCUT2D eigenvalue weighted by molar-refractivity contribution is 0.0735. The van der Waals surface area contributed by atoms with E-state index in [0.29, 0.717) is 5.56 Å². The Hall–Kier alpha value is -2.96. The van der Waals surface area contributed by atoms with Gasteiger partial charge in [-0.2, -0.15) is 10.2 Å². The molecule has 0 saturated carbocycles. The third-order valence-electron chi connectivity index (χ3n) is 4.81. The van der Waals surface area contributed by atoms with Crippen molar-refractivity contribution in [1.82, 2.24) is 29.9 Å². The van der Waals surface area contributed by atoms with Gasteiger partial charge < -0.3 is 4.90 Å². The molecule has 0 aliphatic carbocycles. The van der Waals surface area contributed by atoms with E-state index in [9.17, 15) is 4.79 Å². The zero-order valence-corrected chi connectivity index (χ0v) is 14.3. The first-order valence-corrected chi connectivity index (χ1v) is 8.42. The maximum Gasteiger partial charge on any atom is 0.254 e. The Balaban J connectivity index is 1.65. The van der Waals surface area contributed by atoms with Crippen LogP contribution >= 0.6 is 0 Å². The highest BCUT2D eigenvalue weighted by Crippen LogP contribution is 2.35. The lowest BCUT2D eigenvalue weighted by atomic mass is 10.0. The molecule has 7 nitrogen and oxygen atoms in total. The van der Waals surface area contributed by atoms with Crippen molar-refractivity contribution in [3.05, 3.63) is 59.4 Å². The molecule has 1 unspecified atom stereocenters. The van der Waals surface area contributed by atoms with Crippen LogP contribution in [0.2, 0.25) is 0 Å². The number of aryl methyl sites for hydroxylation is 2. The topological polar surface area (TPSA) is 79.7 Å². The van der Waals surface area contributed by atoms with E-state index in [1.165, 1.54) is 6.33 Å². The molecular formula is C18H20N6O. The predicted molar refractivity (Wildman–Crippen MR) is 92.4 cm³/mol. The second-order valence-electron chi connectivity index (χ2n) is 6.39. The first kappa shape index (κ1) is 15.6. The van der Waals surface area contributed by atoms with Crippen molar-refractivity contribution >= 4 is 5.91 Å². The van der Waals surface area contributed by atoms with E-state index in [-0.39, 0.29) is 11.9 Å². The molecule has 1 N–H and O–H groups in total. The van der Waals surface area contributed by atoms with Crippen molar-refractivity contribution in [1.29, 1.82) is 0 Å². The number of nitrogens with one attached hydrogen (secondary N) is 1. The van der Waals surface area contributed by atoms with E-state index in [1.54, 1.807) is 11.0 Å². The average molecular weight is 336 g/mol. The third kappa shape index (κ3) is 2.71. The summed E-state index contributed by atoms with van der Waals surface area (Å²) in [5, 5.41) is 11.5. The third-order valence-corrected chi connectivity index (χ3v) is 4.81. The summed E-state index contributed by atoms with van der Waals surface area (Å²) < 4.78 is 1.66. The molecule has 1 aliphatic rings. The van der Waals surface area contributed by atoms with Crippen LogP contribution in [0.1, 0.15) is 46.2 Å². The molecule has 1 fully saturated rings. The number of carbonyl (C=O) groups is 1. The van der Waals surface area contributed by atoms with Gasteiger partial charge in [0.05, 0.1) is 17.4 Å². The number of benzene rings is 1. The number of rotatable bonds is 3. The van der Waals surface area contributed by atoms with Crippen molar-refractivity contribution in [3.63, 3.8) is 0 Å². The molecule has 1 saturated heterocycles. The van der Waals surface area contributed by atoms with E-state index in [0.717, 1.165) is 42.0 Å². The van der Waals surface area contributed by atoms with Crippen molar-refractivity contribution in [2.45, 2.75) is 32.7 Å². The summed E-state index contributed by atoms with van der Waals surface area (Å²) in [4.78, 5) is 19.1. The quantitative estimate of drug-likeness (QED) is 0.797. The maximum absolute atomic E-state index is 13.1. The molecule has 3 aromatic rings. The first-order valence-electron chi connectivity index (χ1n) is 8.42. The van der Waals surface area contributed by atoms with Crippen LogP contribution in [-0.4, -0.2) is 42.3 Å². The predicted octanol–water partition coefficient (Wildman–Crippen LogP) is 2.58. The van der Waals surface area contributed by atoms with E-state index >= 15 is 0 Å². The van der Waals surface area contributed by atoms with Crippen LogP contribution in [0.4, 0.5) is 0 Å². The van der Waals surface area contributed by atoms with E-state index in [2.05, 4.69) is 20.3 Å². The molecule has 1 aromatic carbocycles. The Morgan fingerprint density at radius 3 is 2.92 bits per heavy atom. The summed E-state index contributed by atoms with van der Waals surface area (Å²) in [6.45, 7) is 4.77. The smallest absolute Gasteiger partial charge is 0.254 e. The van der Waals surface area contributed by atoms with Crippen LogP contribution in [0.15, 0.2) is 36.9 Å². The fourth-order valence-corrected chi connectivity index (χ4v) is 3.65. The number of aromatic amines is 1. The van der Waals surface area contributed by atoms with Gasteiger partial charge in [-0.3, -0.25) is 9.89 Å². The number of aromatic nitrogens is 5. The highest BCUT2D eigenvalue weighted by atomic mass is 16.2. The molecule has 0 spiro atoms. The first-order chi connectivity index (χ1) is 12.1. The van der Waals surface area contributed by atoms with Gasteiger partial charge in [0.15, 0.2) is 0 Å². The standard InChI is InChI=1S/C18H20N6O/c1-12-17(13(2)22-21-12)16-7-4-8-23(16)18(25)14-5-3-6-15(9-14)24-11-19-10-20-24/h3,5-6,9-11,16H,4,7-8H2,1-2H3,(H,21,22). The number of H-pyrrole nitrogens is 1. The monoisotopic (exact) mass is 336 g/mol. The molecule has 0 bridgehead atoms. The summed E-state index contributed by atoms with van der Waals surface area (Å²) >= 11 is 0. The Morgan fingerprint density at radius 1 is 1.32 bits per heavy atom. The molecule has 3 heterocycles. The molecule has 7 heteroatoms. The van der Waals surface area contributed by atoms with Gasteiger partial charge in [0.25, 0.3) is 5.91 Å². The Bertz CT molecular complexity index is 879. The minimum Gasteiger partial charge on any atom is -0.331 e. The van der Waals surface area contributed by atoms with Crippen LogP contribution in [0.25, 0.3) is 5.69 Å². The van der Waals surface area contributed by atoms with Crippen molar-refractivity contribution < 1.29 is 4.79 Å². The van der Waals surface area contributed by atoms with Crippen LogP contribution in [-0.2, 0) is 0 Å². The number of hydrogen-bond acceptors (Lipinski definition) is 4. The van der Waals surface area contributed by atoms with Crippen LogP contribution in [0, 0.1) is 13.8 Å². The maximum atomic E-state index is 13.1. The fraction of sp³-hybridized carbons (Fsp3) is 0.333. The molecule has 25 heavy (non-hydrogen) atoms. The molecule has 4 rings (SSSR count). The number of amides is 1. The summed E-state index contributed by atoms with van der Waals surface area (Å²) in [5.74, 6) is 0.0458. The minimum atomic E-state index is 0.0458. The zero-order valence-electron chi connectivity index (χ0n) is 14.3. The van der Waals surface area contributed by atoms with Crippen LogP contribution in [0.3, 0.4) is 0 Å². The largest absolute Gasteiger partial charge is 0.331 e. The van der Waals surface area contributed by atoms with E-state index in [4.69, 9.17) is 0 Å². The molecule has 1 atom stereocenters. The highest BCUT2D eigenvalue weighted by Gasteiger charge is 2.33. The van der Waals surface area contributed by atoms with Gasteiger partial charge in [0.1, 0.15) is 12.7 Å². The second-order valence-corrected chi connectivity index (χ2v) is 6.39. The minimum absolute atomic E-state index is 0.0458. The van der Waals surface area contributed by atoms with Crippen molar-refractivity contribution in [3.8, 4) is 5.69 Å². The summed E-state index contributed by atoms with van der Waals surface area (Å²) in [5.41, 5.74) is 4.66. The molecule has 128 valence electrons. The van der Waals surface area contributed by atoms with E-state index in [1.807, 2.05) is 43.0 Å². The number of nitrogens with zero attached hydrogens (tertiary/aromatic N) is 5. The summed E-state index contributed by atoms with van der Waals surface area (Å²) in [6.07, 6.45) is 5.08. The van der Waals surface area contributed by atoms with Gasteiger partial charge in [-0.05, 0) is 44.9 Å². The lowest BCUT2D eigenvalue weighted by Gasteiger charge is -2.25. The number of hydrogen-bond donors (Lipinski definition) is 1. The molecular weight excluding hydrogens is 316 g/mol. The normalized spacial score (nSPS) is 17.2. The van der Waals surface area contributed by atoms with Crippen molar-refractivity contribution in [2.24, 2.45) is 0 Å². The van der Waals surface area contributed by atoms with Gasteiger partial charge in [-0.15, -0.1) is 0 Å². The van der Waals surface area contributed by atoms with Gasteiger partial charge in [-0.1, -0.05) is 6.07 Å². The fourth-order valence-electron chi connectivity index (χ4n) is 3.65. The van der Waals surface area contributed by atoms with Crippen molar-refractivity contribution in [2.75, 3.05) is 6.54 Å². The van der Waals surface area contributed by atoms with Gasteiger partial charge in [0.2, 0.25) is 0 Å². The van der Waals surface area contributed by atoms with E-state index < -0.39 is 0 Å². The molecule has 1 aliphatic heterocycles. The second kappa shape index (κ2) is 6.16. The summed E-state index contributed by atoms with van der Waals surface area (Å²) in [6, 6.07) is 7.59. The zero-order chi connectivity index (χ0) is 17.4. The van der Waals surface area contributed by atoms with Gasteiger partial charge >= 0.3 is 0 Å². The Labute approximate surface area is 145 Å². The number of likely N-dealkylation sites (tertiary alicyclic amines) is 1. The molecule has 0 radical (unpaired) electrons. The van der Waals surface area contributed by atoms with Crippen LogP contribution < -0.4 is 0 Å². The molecule has 2 aromatic heterocycles. The lowest BCUT2D eigenvalue weighted by Crippen LogP contribution is -2.31. The average Bonchev–Trinajstić information content (AvgIpc) is 3.36. The Kier molecular flexibility index (Phi) is 3.83. The van der Waals surface area contributed by atoms with Gasteiger partial charge in [0, 0.05) is 23.4 Å². The van der Waals surface area contributed by atoms with Crippen LogP contribution in [0.5, 0.6) is 0 Å². The van der Waals surface area contributed by atoms with Gasteiger partial charge in [-0.25, -0.2) is 9.67 Å². The summed E-state index contributed by atoms with van der Waals surface area (Å²) in [7, 11) is 0. The number of carbonyl (C=O) groups excluding carboxylic acids is 1. The molecule has 1 amide bonds. The SMILES string of the molecule is Cc1n[nH]c(C)c1C1CCCN1C(=O)c1cccc(-n2cncn2)c1.